The number of nitrogens with zero attached hydrogens (tertiary/aromatic N) is 3. The van der Waals surface area contributed by atoms with Crippen LogP contribution in [0.2, 0.25) is 0 Å². The van der Waals surface area contributed by atoms with Gasteiger partial charge in [0, 0.05) is 32.4 Å². The van der Waals surface area contributed by atoms with Crippen molar-refractivity contribution in [2.45, 2.75) is 45.3 Å². The van der Waals surface area contributed by atoms with Gasteiger partial charge in [0.05, 0.1) is 22.3 Å². The van der Waals surface area contributed by atoms with E-state index in [1.165, 1.54) is 22.6 Å². The van der Waals surface area contributed by atoms with Gasteiger partial charge in [0.25, 0.3) is 5.91 Å². The highest BCUT2D eigenvalue weighted by atomic mass is 32.1. The van der Waals surface area contributed by atoms with Crippen LogP contribution in [0.4, 0.5) is 5.69 Å². The van der Waals surface area contributed by atoms with Gasteiger partial charge in [0.2, 0.25) is 0 Å². The molecule has 6 heteroatoms. The maximum absolute atomic E-state index is 12.9. The van der Waals surface area contributed by atoms with E-state index in [-0.39, 0.29) is 17.6 Å². The first-order valence-electron chi connectivity index (χ1n) is 9.55. The molecule has 2 aliphatic rings. The zero-order chi connectivity index (χ0) is 19.2. The SMILES string of the molecule is COC1CN(c2ccc(C)cc2)C12CCN(C(=O)c1sc(C)nc1C)CC2. The second-order valence-corrected chi connectivity index (χ2v) is 8.92. The van der Waals surface area contributed by atoms with Crippen molar-refractivity contribution < 1.29 is 9.53 Å². The Hall–Kier alpha value is -1.92. The third-order valence-corrected chi connectivity index (χ3v) is 7.19. The first-order valence-corrected chi connectivity index (χ1v) is 10.4. The summed E-state index contributed by atoms with van der Waals surface area (Å²) in [7, 11) is 1.81. The number of thiazole rings is 1. The van der Waals surface area contributed by atoms with E-state index in [2.05, 4.69) is 41.1 Å². The van der Waals surface area contributed by atoms with E-state index in [9.17, 15) is 4.79 Å². The molecule has 0 bridgehead atoms. The van der Waals surface area contributed by atoms with Crippen LogP contribution in [0.25, 0.3) is 0 Å². The van der Waals surface area contributed by atoms with E-state index in [0.717, 1.165) is 48.1 Å². The van der Waals surface area contributed by atoms with E-state index < -0.39 is 0 Å². The Bertz CT molecular complexity index is 838. The summed E-state index contributed by atoms with van der Waals surface area (Å²) >= 11 is 1.50. The van der Waals surface area contributed by atoms with Crippen LogP contribution in [0, 0.1) is 20.8 Å². The summed E-state index contributed by atoms with van der Waals surface area (Å²) in [6.45, 7) is 8.43. The van der Waals surface area contributed by atoms with Gasteiger partial charge in [-0.2, -0.15) is 0 Å². The summed E-state index contributed by atoms with van der Waals surface area (Å²) in [5.41, 5.74) is 3.37. The molecule has 2 fully saturated rings. The van der Waals surface area contributed by atoms with Gasteiger partial charge >= 0.3 is 0 Å². The molecular formula is C21H27N3O2S. The van der Waals surface area contributed by atoms with Crippen LogP contribution >= 0.6 is 11.3 Å². The van der Waals surface area contributed by atoms with Gasteiger partial charge in [-0.25, -0.2) is 4.98 Å². The fourth-order valence-corrected chi connectivity index (χ4v) is 5.41. The minimum absolute atomic E-state index is 0.000546. The van der Waals surface area contributed by atoms with Crippen LogP contribution in [-0.4, -0.2) is 54.2 Å². The Morgan fingerprint density at radius 3 is 2.41 bits per heavy atom. The molecule has 1 aromatic carbocycles. The molecule has 1 atom stereocenters. The Labute approximate surface area is 165 Å². The Morgan fingerprint density at radius 1 is 1.19 bits per heavy atom. The average molecular weight is 386 g/mol. The van der Waals surface area contributed by atoms with Crippen molar-refractivity contribution >= 4 is 22.9 Å². The first kappa shape index (κ1) is 18.4. The van der Waals surface area contributed by atoms with Crippen LogP contribution in [0.1, 0.15) is 38.8 Å². The maximum atomic E-state index is 12.9. The number of likely N-dealkylation sites (tertiary alicyclic amines) is 1. The molecule has 0 aliphatic carbocycles. The summed E-state index contributed by atoms with van der Waals surface area (Å²) in [5.74, 6) is 0.128. The van der Waals surface area contributed by atoms with E-state index in [1.54, 1.807) is 7.11 Å². The molecule has 1 unspecified atom stereocenters. The van der Waals surface area contributed by atoms with Crippen molar-refractivity contribution in [1.82, 2.24) is 9.88 Å². The number of anilines is 1. The molecule has 2 saturated heterocycles. The van der Waals surface area contributed by atoms with Gasteiger partial charge in [0.1, 0.15) is 4.88 Å². The summed E-state index contributed by atoms with van der Waals surface area (Å²) in [4.78, 5) is 22.6. The van der Waals surface area contributed by atoms with E-state index in [1.807, 2.05) is 18.7 Å². The monoisotopic (exact) mass is 385 g/mol. The molecule has 0 N–H and O–H groups in total. The highest BCUT2D eigenvalue weighted by Crippen LogP contribution is 2.45. The minimum Gasteiger partial charge on any atom is -0.377 e. The van der Waals surface area contributed by atoms with Gasteiger partial charge in [-0.15, -0.1) is 11.3 Å². The van der Waals surface area contributed by atoms with Crippen molar-refractivity contribution in [3.05, 3.63) is 45.4 Å². The predicted octanol–water partition coefficient (Wildman–Crippen LogP) is 3.58. The molecule has 1 amide bonds. The Balaban J connectivity index is 1.51. The van der Waals surface area contributed by atoms with Gasteiger partial charge in [-0.3, -0.25) is 4.79 Å². The molecule has 0 radical (unpaired) electrons. The molecule has 2 aliphatic heterocycles. The van der Waals surface area contributed by atoms with E-state index >= 15 is 0 Å². The predicted molar refractivity (Wildman–Crippen MR) is 109 cm³/mol. The minimum atomic E-state index is -0.000546. The fraction of sp³-hybridized carbons (Fsp3) is 0.524. The number of benzene rings is 1. The highest BCUT2D eigenvalue weighted by Gasteiger charge is 2.55. The Kier molecular flexibility index (Phi) is 4.72. The van der Waals surface area contributed by atoms with Crippen LogP contribution in [0.5, 0.6) is 0 Å². The van der Waals surface area contributed by atoms with Gasteiger partial charge in [-0.1, -0.05) is 17.7 Å². The zero-order valence-corrected chi connectivity index (χ0v) is 17.3. The molecule has 144 valence electrons. The van der Waals surface area contributed by atoms with Crippen molar-refractivity contribution in [3.8, 4) is 0 Å². The van der Waals surface area contributed by atoms with Crippen molar-refractivity contribution in [1.29, 1.82) is 0 Å². The molecule has 4 rings (SSSR count). The lowest BCUT2D eigenvalue weighted by atomic mass is 9.73. The molecule has 27 heavy (non-hydrogen) atoms. The fourth-order valence-electron chi connectivity index (χ4n) is 4.52. The normalized spacial score (nSPS) is 21.4. The molecule has 1 aromatic heterocycles. The van der Waals surface area contributed by atoms with Gasteiger partial charge in [0.15, 0.2) is 0 Å². The number of methoxy groups -OCH3 is 1. The van der Waals surface area contributed by atoms with Gasteiger partial charge in [-0.05, 0) is 45.7 Å². The summed E-state index contributed by atoms with van der Waals surface area (Å²) in [5, 5.41) is 0.952. The maximum Gasteiger partial charge on any atom is 0.265 e. The van der Waals surface area contributed by atoms with Crippen LogP contribution < -0.4 is 4.90 Å². The van der Waals surface area contributed by atoms with E-state index in [4.69, 9.17) is 4.74 Å². The zero-order valence-electron chi connectivity index (χ0n) is 16.5. The molecule has 1 spiro atoms. The Morgan fingerprint density at radius 2 is 1.85 bits per heavy atom. The number of amides is 1. The largest absolute Gasteiger partial charge is 0.377 e. The topological polar surface area (TPSA) is 45.7 Å². The second-order valence-electron chi connectivity index (χ2n) is 7.71. The molecular weight excluding hydrogens is 358 g/mol. The van der Waals surface area contributed by atoms with Crippen LogP contribution in [-0.2, 0) is 4.74 Å². The van der Waals surface area contributed by atoms with E-state index in [0.29, 0.717) is 0 Å². The average Bonchev–Trinajstić information content (AvgIpc) is 3.00. The third-order valence-electron chi connectivity index (χ3n) is 6.13. The number of carbonyl (C=O) groups excluding carboxylic acids is 1. The van der Waals surface area contributed by atoms with Crippen LogP contribution in [0.3, 0.4) is 0 Å². The number of aryl methyl sites for hydroxylation is 3. The third kappa shape index (κ3) is 3.05. The number of rotatable bonds is 3. The number of hydrogen-bond acceptors (Lipinski definition) is 5. The second kappa shape index (κ2) is 6.91. The summed E-state index contributed by atoms with van der Waals surface area (Å²) < 4.78 is 5.80. The van der Waals surface area contributed by atoms with Crippen LogP contribution in [0.15, 0.2) is 24.3 Å². The number of hydrogen-bond donors (Lipinski definition) is 0. The standard InChI is InChI=1S/C21H27N3O2S/c1-14-5-7-17(8-6-14)24-13-18(26-4)21(24)9-11-23(12-10-21)20(25)19-15(2)22-16(3)27-19/h5-8,18H,9-13H2,1-4H3. The number of aromatic nitrogens is 1. The molecule has 5 nitrogen and oxygen atoms in total. The smallest absolute Gasteiger partial charge is 0.265 e. The number of carbonyl (C=O) groups is 1. The lowest BCUT2D eigenvalue weighted by Gasteiger charge is -2.61. The highest BCUT2D eigenvalue weighted by molar-refractivity contribution is 7.13. The summed E-state index contributed by atoms with van der Waals surface area (Å²) in [6.07, 6.45) is 2.09. The number of ether oxygens (including phenoxy) is 1. The van der Waals surface area contributed by atoms with Crippen molar-refractivity contribution in [3.63, 3.8) is 0 Å². The molecule has 0 saturated carbocycles. The lowest BCUT2D eigenvalue weighted by Crippen LogP contribution is -2.74. The molecule has 3 heterocycles. The van der Waals surface area contributed by atoms with Crippen molar-refractivity contribution in [2.75, 3.05) is 31.6 Å². The summed E-state index contributed by atoms with van der Waals surface area (Å²) in [6, 6.07) is 8.72. The van der Waals surface area contributed by atoms with Gasteiger partial charge < -0.3 is 14.5 Å². The first-order chi connectivity index (χ1) is 12.9. The quantitative estimate of drug-likeness (QED) is 0.810. The number of piperidine rings is 1. The lowest BCUT2D eigenvalue weighted by molar-refractivity contribution is -0.0432. The molecule has 2 aromatic rings. The van der Waals surface area contributed by atoms with Crippen molar-refractivity contribution in [2.24, 2.45) is 0 Å².